The fourth-order valence-electron chi connectivity index (χ4n) is 1.55. The van der Waals surface area contributed by atoms with Gasteiger partial charge < -0.3 is 9.55 Å². The molecule has 0 aliphatic heterocycles. The Morgan fingerprint density at radius 1 is 1.47 bits per heavy atom. The van der Waals surface area contributed by atoms with Crippen LogP contribution in [-0.4, -0.2) is 14.5 Å². The molecule has 0 aromatic carbocycles. The molecule has 0 aliphatic rings. The summed E-state index contributed by atoms with van der Waals surface area (Å²) in [5, 5.41) is 0.944. The molecule has 5 heteroatoms. The van der Waals surface area contributed by atoms with Crippen molar-refractivity contribution in [2.24, 2.45) is 0 Å². The van der Waals surface area contributed by atoms with E-state index in [0.29, 0.717) is 16.2 Å². The number of H-pyrrole nitrogens is 1. The molecule has 2 aromatic heterocycles. The lowest BCUT2D eigenvalue weighted by Gasteiger charge is -2.21. The molecule has 0 atom stereocenters. The van der Waals surface area contributed by atoms with Crippen molar-refractivity contribution in [1.82, 2.24) is 14.5 Å². The molecule has 0 fully saturated rings. The molecule has 0 spiro atoms. The van der Waals surface area contributed by atoms with Gasteiger partial charge in [0, 0.05) is 11.7 Å². The highest BCUT2D eigenvalue weighted by Gasteiger charge is 2.17. The van der Waals surface area contributed by atoms with Crippen LogP contribution in [0.15, 0.2) is 22.2 Å². The van der Waals surface area contributed by atoms with Crippen LogP contribution in [-0.2, 0) is 5.54 Å². The van der Waals surface area contributed by atoms with E-state index in [9.17, 15) is 4.79 Å². The van der Waals surface area contributed by atoms with Crippen LogP contribution in [0.4, 0.5) is 0 Å². The van der Waals surface area contributed by atoms with Crippen LogP contribution in [0.3, 0.4) is 0 Å². The molecule has 2 heterocycles. The molecule has 1 N–H and O–H groups in total. The number of fused-ring (bicyclic) bond motifs is 1. The maximum atomic E-state index is 11.6. The highest BCUT2D eigenvalue weighted by Crippen LogP contribution is 2.20. The van der Waals surface area contributed by atoms with E-state index in [2.05, 4.69) is 43.4 Å². The lowest BCUT2D eigenvalue weighted by molar-refractivity contribution is 0.408. The number of hydrogen-bond donors (Lipinski definition) is 2. The first-order valence-electron chi connectivity index (χ1n) is 4.70. The predicted octanol–water partition coefficient (Wildman–Crippen LogP) is 1.77. The third-order valence-corrected chi connectivity index (χ3v) is 2.48. The van der Waals surface area contributed by atoms with Crippen molar-refractivity contribution in [2.45, 2.75) is 31.5 Å². The van der Waals surface area contributed by atoms with E-state index in [4.69, 9.17) is 0 Å². The smallest absolute Gasteiger partial charge is 0.261 e. The Morgan fingerprint density at radius 3 is 2.73 bits per heavy atom. The van der Waals surface area contributed by atoms with E-state index in [0.717, 1.165) is 0 Å². The van der Waals surface area contributed by atoms with Crippen molar-refractivity contribution >= 4 is 23.7 Å². The third kappa shape index (κ3) is 1.67. The highest BCUT2D eigenvalue weighted by atomic mass is 32.1. The number of thiol groups is 1. The summed E-state index contributed by atoms with van der Waals surface area (Å²) in [5.74, 6) is 0. The van der Waals surface area contributed by atoms with Gasteiger partial charge in [-0.3, -0.25) is 4.79 Å². The minimum atomic E-state index is -0.145. The molecule has 0 radical (unpaired) electrons. The van der Waals surface area contributed by atoms with Crippen molar-refractivity contribution in [3.63, 3.8) is 0 Å². The van der Waals surface area contributed by atoms with E-state index in [1.165, 1.54) is 0 Å². The van der Waals surface area contributed by atoms with Gasteiger partial charge in [-0.1, -0.05) is 0 Å². The summed E-state index contributed by atoms with van der Waals surface area (Å²) in [6.07, 6.45) is 1.88. The second kappa shape index (κ2) is 3.13. The largest absolute Gasteiger partial charge is 0.327 e. The lowest BCUT2D eigenvalue weighted by atomic mass is 10.1. The van der Waals surface area contributed by atoms with Crippen molar-refractivity contribution in [1.29, 1.82) is 0 Å². The molecule has 2 rings (SSSR count). The summed E-state index contributed by atoms with van der Waals surface area (Å²) < 4.78 is 1.97. The van der Waals surface area contributed by atoms with E-state index in [1.54, 1.807) is 6.07 Å². The average molecular weight is 223 g/mol. The molecule has 15 heavy (non-hydrogen) atoms. The molecular weight excluding hydrogens is 210 g/mol. The van der Waals surface area contributed by atoms with Crippen LogP contribution >= 0.6 is 12.6 Å². The Kier molecular flexibility index (Phi) is 2.15. The first-order valence-corrected chi connectivity index (χ1v) is 5.15. The van der Waals surface area contributed by atoms with Crippen LogP contribution in [0.2, 0.25) is 0 Å². The molecule has 4 nitrogen and oxygen atoms in total. The zero-order chi connectivity index (χ0) is 11.2. The zero-order valence-electron chi connectivity index (χ0n) is 8.90. The zero-order valence-corrected chi connectivity index (χ0v) is 9.80. The van der Waals surface area contributed by atoms with Crippen LogP contribution < -0.4 is 5.56 Å². The molecule has 0 amide bonds. The fraction of sp³-hybridized carbons (Fsp3) is 0.400. The summed E-state index contributed by atoms with van der Waals surface area (Å²) in [7, 11) is 0. The number of hydrogen-bond acceptors (Lipinski definition) is 3. The number of aromatic nitrogens is 3. The molecular formula is C10H13N3OS. The summed E-state index contributed by atoms with van der Waals surface area (Å²) in [5.41, 5.74) is 0.437. The summed E-state index contributed by atoms with van der Waals surface area (Å²) in [6, 6.07) is 1.78. The van der Waals surface area contributed by atoms with Gasteiger partial charge in [-0.25, -0.2) is 4.98 Å². The maximum Gasteiger partial charge on any atom is 0.261 e. The van der Waals surface area contributed by atoms with Crippen molar-refractivity contribution < 1.29 is 0 Å². The van der Waals surface area contributed by atoms with Crippen molar-refractivity contribution in [3.05, 3.63) is 22.6 Å². The minimum absolute atomic E-state index is 0.0945. The summed E-state index contributed by atoms with van der Waals surface area (Å²) in [6.45, 7) is 6.19. The monoisotopic (exact) mass is 223 g/mol. The van der Waals surface area contributed by atoms with Crippen LogP contribution in [0.5, 0.6) is 0 Å². The van der Waals surface area contributed by atoms with Gasteiger partial charge in [-0.05, 0) is 26.8 Å². The van der Waals surface area contributed by atoms with Gasteiger partial charge in [0.1, 0.15) is 5.65 Å². The SMILES string of the molecule is CC(C)(C)n1ccc2c(=O)[nH]c(S)nc21. The number of nitrogens with zero attached hydrogens (tertiary/aromatic N) is 2. The molecule has 0 unspecified atom stereocenters. The van der Waals surface area contributed by atoms with E-state index < -0.39 is 0 Å². The molecule has 80 valence electrons. The summed E-state index contributed by atoms with van der Waals surface area (Å²) in [4.78, 5) is 18.4. The fourth-order valence-corrected chi connectivity index (χ4v) is 1.75. The number of nitrogens with one attached hydrogen (secondary N) is 1. The number of aromatic amines is 1. The Balaban J connectivity index is 2.86. The average Bonchev–Trinajstić information content (AvgIpc) is 2.45. The summed E-state index contributed by atoms with van der Waals surface area (Å²) >= 11 is 4.07. The van der Waals surface area contributed by atoms with E-state index in [-0.39, 0.29) is 11.1 Å². The lowest BCUT2D eigenvalue weighted by Crippen LogP contribution is -2.22. The molecule has 0 saturated heterocycles. The van der Waals surface area contributed by atoms with Gasteiger partial charge in [-0.15, -0.1) is 12.6 Å². The molecule has 0 saturated carbocycles. The maximum absolute atomic E-state index is 11.6. The van der Waals surface area contributed by atoms with E-state index >= 15 is 0 Å². The Bertz CT molecular complexity index is 562. The first kappa shape index (κ1) is 10.3. The van der Waals surface area contributed by atoms with Crippen molar-refractivity contribution in [3.8, 4) is 0 Å². The first-order chi connectivity index (χ1) is 6.89. The Labute approximate surface area is 92.7 Å². The third-order valence-electron chi connectivity index (χ3n) is 2.26. The predicted molar refractivity (Wildman–Crippen MR) is 62.6 cm³/mol. The molecule has 2 aromatic rings. The van der Waals surface area contributed by atoms with Gasteiger partial charge in [0.05, 0.1) is 5.39 Å². The molecule has 0 aliphatic carbocycles. The van der Waals surface area contributed by atoms with Crippen LogP contribution in [0.25, 0.3) is 11.0 Å². The number of rotatable bonds is 0. The normalized spacial score (nSPS) is 12.3. The minimum Gasteiger partial charge on any atom is -0.327 e. The van der Waals surface area contributed by atoms with E-state index in [1.807, 2.05) is 10.8 Å². The Hall–Kier alpha value is -1.23. The van der Waals surface area contributed by atoms with Gasteiger partial charge in [0.25, 0.3) is 5.56 Å². The Morgan fingerprint density at radius 2 is 2.13 bits per heavy atom. The van der Waals surface area contributed by atoms with Crippen LogP contribution in [0.1, 0.15) is 20.8 Å². The van der Waals surface area contributed by atoms with Gasteiger partial charge >= 0.3 is 0 Å². The van der Waals surface area contributed by atoms with Gasteiger partial charge in [0.2, 0.25) is 0 Å². The van der Waals surface area contributed by atoms with Crippen LogP contribution in [0, 0.1) is 0 Å². The van der Waals surface area contributed by atoms with Gasteiger partial charge in [0.15, 0.2) is 5.16 Å². The standard InChI is InChI=1S/C10H13N3OS/c1-10(2,3)13-5-4-6-7(13)11-9(15)12-8(6)14/h4-5H,1-3H3,(H2,11,12,14,15). The second-order valence-corrected chi connectivity index (χ2v) is 4.91. The van der Waals surface area contributed by atoms with Crippen molar-refractivity contribution in [2.75, 3.05) is 0 Å². The van der Waals surface area contributed by atoms with Gasteiger partial charge in [-0.2, -0.15) is 0 Å². The quantitative estimate of drug-likeness (QED) is 0.528. The second-order valence-electron chi connectivity index (χ2n) is 4.48. The highest BCUT2D eigenvalue weighted by molar-refractivity contribution is 7.80. The molecule has 0 bridgehead atoms. The topological polar surface area (TPSA) is 50.7 Å².